The van der Waals surface area contributed by atoms with Crippen molar-refractivity contribution < 1.29 is 22.7 Å². The van der Waals surface area contributed by atoms with E-state index in [1.807, 2.05) is 0 Å². The maximum atomic E-state index is 12.6. The number of morpholine rings is 1. The minimum absolute atomic E-state index is 0.0350. The fourth-order valence-electron chi connectivity index (χ4n) is 1.92. The third kappa shape index (κ3) is 3.32. The van der Waals surface area contributed by atoms with E-state index in [0.717, 1.165) is 6.07 Å². The van der Waals surface area contributed by atoms with E-state index in [1.54, 1.807) is 0 Å². The molecule has 0 unspecified atom stereocenters. The first kappa shape index (κ1) is 16.5. The Morgan fingerprint density at radius 3 is 2.43 bits per heavy atom. The highest BCUT2D eigenvalue weighted by atomic mass is 35.5. The van der Waals surface area contributed by atoms with Crippen LogP contribution in [0.2, 0.25) is 10.0 Å². The molecule has 0 amide bonds. The summed E-state index contributed by atoms with van der Waals surface area (Å²) < 4.78 is 36.1. The smallest absolute Gasteiger partial charge is 0.339 e. The van der Waals surface area contributed by atoms with Crippen LogP contribution in [0.1, 0.15) is 10.4 Å². The predicted octanol–water partition coefficient (Wildman–Crippen LogP) is 1.80. The average Bonchev–Trinajstić information content (AvgIpc) is 2.47. The van der Waals surface area contributed by atoms with Crippen molar-refractivity contribution in [2.24, 2.45) is 0 Å². The fourth-order valence-corrected chi connectivity index (χ4v) is 4.15. The molecule has 0 bridgehead atoms. The van der Waals surface area contributed by atoms with Gasteiger partial charge in [0, 0.05) is 13.1 Å². The van der Waals surface area contributed by atoms with Crippen LogP contribution in [-0.4, -0.2) is 52.1 Å². The second-order valence-electron chi connectivity index (χ2n) is 4.27. The normalized spacial score (nSPS) is 16.7. The van der Waals surface area contributed by atoms with Gasteiger partial charge in [-0.15, -0.1) is 0 Å². The highest BCUT2D eigenvalue weighted by Crippen LogP contribution is 2.31. The van der Waals surface area contributed by atoms with E-state index in [1.165, 1.54) is 17.5 Å². The van der Waals surface area contributed by atoms with Crippen molar-refractivity contribution in [1.29, 1.82) is 0 Å². The first-order chi connectivity index (χ1) is 9.87. The van der Waals surface area contributed by atoms with Crippen molar-refractivity contribution in [3.63, 3.8) is 0 Å². The largest absolute Gasteiger partial charge is 0.465 e. The number of methoxy groups -OCH3 is 1. The highest BCUT2D eigenvalue weighted by molar-refractivity contribution is 7.89. The van der Waals surface area contributed by atoms with E-state index in [9.17, 15) is 13.2 Å². The Morgan fingerprint density at radius 2 is 1.86 bits per heavy atom. The fraction of sp³-hybridized carbons (Fsp3) is 0.417. The van der Waals surface area contributed by atoms with Crippen LogP contribution in [0.4, 0.5) is 0 Å². The number of halogens is 2. The van der Waals surface area contributed by atoms with Gasteiger partial charge >= 0.3 is 5.97 Å². The lowest BCUT2D eigenvalue weighted by Gasteiger charge is -2.26. The van der Waals surface area contributed by atoms with Gasteiger partial charge in [-0.25, -0.2) is 13.2 Å². The molecular weight excluding hydrogens is 341 g/mol. The zero-order valence-corrected chi connectivity index (χ0v) is 13.5. The number of benzene rings is 1. The summed E-state index contributed by atoms with van der Waals surface area (Å²) in [5, 5.41) is -0.00748. The van der Waals surface area contributed by atoms with Crippen LogP contribution >= 0.6 is 23.2 Å². The van der Waals surface area contributed by atoms with E-state index < -0.39 is 16.0 Å². The molecule has 0 saturated carbocycles. The SMILES string of the molecule is COC(=O)c1cc(S(=O)(=O)N2CCOCC2)c(Cl)cc1Cl. The summed E-state index contributed by atoms with van der Waals surface area (Å²) in [6.45, 7) is 1.09. The number of hydrogen-bond donors (Lipinski definition) is 0. The standard InChI is InChI=1S/C12H13Cl2NO5S/c1-19-12(16)8-6-11(10(14)7-9(8)13)21(17,18)15-2-4-20-5-3-15/h6-7H,2-5H2,1H3. The number of carbonyl (C=O) groups is 1. The molecule has 21 heavy (non-hydrogen) atoms. The summed E-state index contributed by atoms with van der Waals surface area (Å²) in [5.74, 6) is -0.727. The van der Waals surface area contributed by atoms with E-state index >= 15 is 0 Å². The number of ether oxygens (including phenoxy) is 2. The third-order valence-corrected chi connectivity index (χ3v) is 5.69. The number of sulfonamides is 1. The first-order valence-electron chi connectivity index (χ1n) is 6.03. The van der Waals surface area contributed by atoms with E-state index in [4.69, 9.17) is 27.9 Å². The van der Waals surface area contributed by atoms with E-state index in [0.29, 0.717) is 13.2 Å². The molecule has 2 rings (SSSR count). The molecule has 1 fully saturated rings. The molecule has 1 aromatic carbocycles. The van der Waals surface area contributed by atoms with Gasteiger partial charge in [0.2, 0.25) is 10.0 Å². The van der Waals surface area contributed by atoms with E-state index in [2.05, 4.69) is 4.74 Å². The van der Waals surface area contributed by atoms with Crippen molar-refractivity contribution in [3.8, 4) is 0 Å². The highest BCUT2D eigenvalue weighted by Gasteiger charge is 2.30. The Kier molecular flexibility index (Phi) is 5.11. The summed E-state index contributed by atoms with van der Waals surface area (Å²) in [6, 6.07) is 2.37. The second kappa shape index (κ2) is 6.50. The van der Waals surface area contributed by atoms with Crippen molar-refractivity contribution in [1.82, 2.24) is 4.31 Å². The van der Waals surface area contributed by atoms with Crippen LogP contribution in [0.25, 0.3) is 0 Å². The maximum Gasteiger partial charge on any atom is 0.339 e. The summed E-state index contributed by atoms with van der Waals surface area (Å²) >= 11 is 11.9. The molecule has 1 saturated heterocycles. The van der Waals surface area contributed by atoms with Crippen molar-refractivity contribution in [3.05, 3.63) is 27.7 Å². The maximum absolute atomic E-state index is 12.6. The molecule has 0 radical (unpaired) electrons. The van der Waals surface area contributed by atoms with Gasteiger partial charge in [-0.05, 0) is 12.1 Å². The Balaban J connectivity index is 2.49. The quantitative estimate of drug-likeness (QED) is 0.774. The molecule has 6 nitrogen and oxygen atoms in total. The number of carbonyl (C=O) groups excluding carboxylic acids is 1. The van der Waals surface area contributed by atoms with Gasteiger partial charge in [0.1, 0.15) is 4.90 Å². The van der Waals surface area contributed by atoms with Gasteiger partial charge in [-0.2, -0.15) is 4.31 Å². The molecule has 0 spiro atoms. The van der Waals surface area contributed by atoms with Crippen LogP contribution in [0.15, 0.2) is 17.0 Å². The molecule has 1 aromatic rings. The molecule has 0 aliphatic carbocycles. The van der Waals surface area contributed by atoms with Crippen molar-refractivity contribution in [2.45, 2.75) is 4.90 Å². The molecule has 1 heterocycles. The third-order valence-electron chi connectivity index (χ3n) is 3.01. The van der Waals surface area contributed by atoms with Gasteiger partial charge in [0.25, 0.3) is 0 Å². The van der Waals surface area contributed by atoms with Crippen LogP contribution in [0.3, 0.4) is 0 Å². The number of nitrogens with zero attached hydrogens (tertiary/aromatic N) is 1. The topological polar surface area (TPSA) is 72.9 Å². The second-order valence-corrected chi connectivity index (χ2v) is 6.99. The Morgan fingerprint density at radius 1 is 1.24 bits per heavy atom. The van der Waals surface area contributed by atoms with Crippen LogP contribution in [0.5, 0.6) is 0 Å². The Labute approximate surface area is 132 Å². The number of rotatable bonds is 3. The molecule has 116 valence electrons. The molecule has 9 heteroatoms. The van der Waals surface area contributed by atoms with E-state index in [-0.39, 0.29) is 33.6 Å². The lowest BCUT2D eigenvalue weighted by Crippen LogP contribution is -2.40. The van der Waals surface area contributed by atoms with Gasteiger partial charge in [-0.3, -0.25) is 0 Å². The van der Waals surface area contributed by atoms with Crippen LogP contribution in [0, 0.1) is 0 Å². The summed E-state index contributed by atoms with van der Waals surface area (Å²) in [6.07, 6.45) is 0. The Hall–Kier alpha value is -0.860. The minimum Gasteiger partial charge on any atom is -0.465 e. The van der Waals surface area contributed by atoms with Gasteiger partial charge in [0.05, 0.1) is 35.9 Å². The number of hydrogen-bond acceptors (Lipinski definition) is 5. The molecule has 0 aromatic heterocycles. The Bertz CT molecular complexity index is 656. The first-order valence-corrected chi connectivity index (χ1v) is 8.22. The molecule has 0 N–H and O–H groups in total. The summed E-state index contributed by atoms with van der Waals surface area (Å²) in [5.41, 5.74) is -0.0459. The van der Waals surface area contributed by atoms with Crippen LogP contribution in [-0.2, 0) is 19.5 Å². The lowest BCUT2D eigenvalue weighted by atomic mass is 10.2. The monoisotopic (exact) mass is 353 g/mol. The number of esters is 1. The van der Waals surface area contributed by atoms with Crippen molar-refractivity contribution in [2.75, 3.05) is 33.4 Å². The predicted molar refractivity (Wildman–Crippen MR) is 77.4 cm³/mol. The van der Waals surface area contributed by atoms with Gasteiger partial charge < -0.3 is 9.47 Å². The van der Waals surface area contributed by atoms with Crippen LogP contribution < -0.4 is 0 Å². The van der Waals surface area contributed by atoms with Gasteiger partial charge in [-0.1, -0.05) is 23.2 Å². The van der Waals surface area contributed by atoms with Crippen molar-refractivity contribution >= 4 is 39.2 Å². The average molecular weight is 354 g/mol. The minimum atomic E-state index is -3.82. The van der Waals surface area contributed by atoms with Gasteiger partial charge in [0.15, 0.2) is 0 Å². The molecule has 1 aliphatic rings. The zero-order chi connectivity index (χ0) is 15.6. The summed E-state index contributed by atoms with van der Waals surface area (Å²) in [4.78, 5) is 11.5. The molecular formula is C12H13Cl2NO5S. The molecule has 1 aliphatic heterocycles. The molecule has 0 atom stereocenters. The lowest BCUT2D eigenvalue weighted by molar-refractivity contribution is 0.0600. The zero-order valence-electron chi connectivity index (χ0n) is 11.1. The summed E-state index contributed by atoms with van der Waals surface area (Å²) in [7, 11) is -2.63.